The maximum Gasteiger partial charge on any atom is 0.510 e. The quantitative estimate of drug-likeness (QED) is 0.191. The molecule has 14 nitrogen and oxygen atoms in total. The molecule has 264 valence electrons. The van der Waals surface area contributed by atoms with Gasteiger partial charge in [0.05, 0.1) is 35.4 Å². The van der Waals surface area contributed by atoms with Crippen LogP contribution in [-0.4, -0.2) is 81.4 Å². The molecule has 0 unspecified atom stereocenters. The molecule has 1 aliphatic carbocycles. The third-order valence-electron chi connectivity index (χ3n) is 9.02. The minimum absolute atomic E-state index is 0.156. The van der Waals surface area contributed by atoms with Crippen molar-refractivity contribution in [2.45, 2.75) is 90.6 Å². The summed E-state index contributed by atoms with van der Waals surface area (Å²) in [5.41, 5.74) is 2.20. The highest BCUT2D eigenvalue weighted by Gasteiger charge is 2.32. The number of hydrogen-bond donors (Lipinski definition) is 2. The summed E-state index contributed by atoms with van der Waals surface area (Å²) in [4.78, 5) is 22.2. The number of tetrazole rings is 1. The predicted molar refractivity (Wildman–Crippen MR) is 181 cm³/mol. The van der Waals surface area contributed by atoms with Crippen LogP contribution in [0.5, 0.6) is 0 Å². The first-order chi connectivity index (χ1) is 23.8. The fourth-order valence-corrected chi connectivity index (χ4v) is 6.44. The molecule has 0 radical (unpaired) electrons. The first-order valence-corrected chi connectivity index (χ1v) is 17.4. The van der Waals surface area contributed by atoms with Gasteiger partial charge in [0, 0.05) is 49.3 Å². The summed E-state index contributed by atoms with van der Waals surface area (Å²) in [5, 5.41) is 29.6. The van der Waals surface area contributed by atoms with E-state index in [2.05, 4.69) is 50.1 Å². The van der Waals surface area contributed by atoms with E-state index in [-0.39, 0.29) is 19.3 Å². The third kappa shape index (κ3) is 10.5. The molecule has 3 aromatic rings. The summed E-state index contributed by atoms with van der Waals surface area (Å²) < 4.78 is 21.1. The number of anilines is 1. The van der Waals surface area contributed by atoms with Crippen LogP contribution in [0.2, 0.25) is 5.02 Å². The van der Waals surface area contributed by atoms with Gasteiger partial charge in [-0.05, 0) is 95.0 Å². The van der Waals surface area contributed by atoms with E-state index in [4.69, 9.17) is 35.5 Å². The molecule has 2 fully saturated rings. The first kappa shape index (κ1) is 36.4. The van der Waals surface area contributed by atoms with Gasteiger partial charge >= 0.3 is 6.16 Å². The highest BCUT2D eigenvalue weighted by Crippen LogP contribution is 2.33. The van der Waals surface area contributed by atoms with Crippen molar-refractivity contribution < 1.29 is 23.7 Å². The molecule has 5 rings (SSSR count). The summed E-state index contributed by atoms with van der Waals surface area (Å²) in [7, 11) is 0. The zero-order chi connectivity index (χ0) is 34.6. The maximum atomic E-state index is 11.5. The summed E-state index contributed by atoms with van der Waals surface area (Å²) >= 11 is 6.62. The van der Waals surface area contributed by atoms with Crippen LogP contribution in [0, 0.1) is 22.7 Å². The van der Waals surface area contributed by atoms with Crippen LogP contribution in [0.4, 0.5) is 10.6 Å². The van der Waals surface area contributed by atoms with Crippen LogP contribution in [0.25, 0.3) is 11.3 Å². The number of pyridine rings is 2. The van der Waals surface area contributed by atoms with Gasteiger partial charge in [0.25, 0.3) is 0 Å². The molecule has 2 N–H and O–H groups in total. The lowest BCUT2D eigenvalue weighted by molar-refractivity contribution is -0.00552. The second-order valence-corrected chi connectivity index (χ2v) is 13.3. The molecule has 2 aliphatic rings. The smallest absolute Gasteiger partial charge is 0.435 e. The molecule has 4 heterocycles. The highest BCUT2D eigenvalue weighted by molar-refractivity contribution is 6.33. The number of carbonyl (C=O) groups excluding carboxylic acids is 1. The van der Waals surface area contributed by atoms with E-state index < -0.39 is 17.8 Å². The summed E-state index contributed by atoms with van der Waals surface area (Å²) in [5.74, 6) is 1.67. The molecule has 0 bridgehead atoms. The summed E-state index contributed by atoms with van der Waals surface area (Å²) in [6.45, 7) is 8.11. The fourth-order valence-electron chi connectivity index (χ4n) is 6.24. The zero-order valence-electron chi connectivity index (χ0n) is 28.4. The van der Waals surface area contributed by atoms with Crippen molar-refractivity contribution in [3.63, 3.8) is 0 Å². The van der Waals surface area contributed by atoms with Gasteiger partial charge in [-0.25, -0.2) is 9.78 Å². The summed E-state index contributed by atoms with van der Waals surface area (Å²) in [6.07, 6.45) is 6.88. The van der Waals surface area contributed by atoms with Crippen molar-refractivity contribution in [3.05, 3.63) is 47.0 Å². The molecule has 3 aromatic heterocycles. The second kappa shape index (κ2) is 17.7. The van der Waals surface area contributed by atoms with Crippen molar-refractivity contribution in [1.29, 1.82) is 5.26 Å². The number of rotatable bonds is 15. The number of aromatic nitrogens is 6. The Morgan fingerprint density at radius 2 is 2.02 bits per heavy atom. The Hall–Kier alpha value is -3.90. The van der Waals surface area contributed by atoms with Crippen molar-refractivity contribution in [2.75, 3.05) is 38.3 Å². The number of nitriles is 1. The zero-order valence-corrected chi connectivity index (χ0v) is 29.2. The summed E-state index contributed by atoms with van der Waals surface area (Å²) in [6, 6.07) is 11.0. The van der Waals surface area contributed by atoms with Gasteiger partial charge in [0.1, 0.15) is 12.4 Å². The Balaban J connectivity index is 1.04. The lowest BCUT2D eigenvalue weighted by Gasteiger charge is -2.31. The number of carbonyl (C=O) groups is 1. The van der Waals surface area contributed by atoms with Crippen molar-refractivity contribution >= 4 is 23.6 Å². The highest BCUT2D eigenvalue weighted by atomic mass is 35.5. The molecule has 0 amide bonds. The number of nitrogens with one attached hydrogen (secondary N) is 2. The minimum Gasteiger partial charge on any atom is -0.435 e. The van der Waals surface area contributed by atoms with E-state index >= 15 is 0 Å². The monoisotopic (exact) mass is 695 g/mol. The molecule has 15 heteroatoms. The van der Waals surface area contributed by atoms with Crippen LogP contribution in [-0.2, 0) is 32.0 Å². The van der Waals surface area contributed by atoms with E-state index in [0.29, 0.717) is 62.0 Å². The van der Waals surface area contributed by atoms with E-state index in [1.807, 2.05) is 18.2 Å². The van der Waals surface area contributed by atoms with E-state index in [9.17, 15) is 10.1 Å². The van der Waals surface area contributed by atoms with E-state index in [0.717, 1.165) is 54.9 Å². The maximum absolute atomic E-state index is 11.5. The Morgan fingerprint density at radius 1 is 1.22 bits per heavy atom. The number of hydrogen-bond acceptors (Lipinski definition) is 13. The van der Waals surface area contributed by atoms with Gasteiger partial charge in [0.15, 0.2) is 0 Å². The van der Waals surface area contributed by atoms with Gasteiger partial charge in [-0.2, -0.15) is 5.26 Å². The molecular weight excluding hydrogens is 650 g/mol. The molecule has 1 saturated carbocycles. The van der Waals surface area contributed by atoms with E-state index in [1.165, 1.54) is 4.80 Å². The second-order valence-electron chi connectivity index (χ2n) is 12.9. The van der Waals surface area contributed by atoms with Crippen molar-refractivity contribution in [1.82, 2.24) is 35.5 Å². The van der Waals surface area contributed by atoms with Crippen LogP contribution in [0.1, 0.15) is 77.0 Å². The minimum atomic E-state index is -0.781. The Morgan fingerprint density at radius 3 is 2.78 bits per heavy atom. The lowest BCUT2D eigenvalue weighted by Crippen LogP contribution is -2.41. The largest absolute Gasteiger partial charge is 0.510 e. The standard InChI is InChI=1S/C34H46ClN9O5/c1-4-48-33(45)49-24(3)44-42-32(41-43-44)20-47-19-23(2)39-26-10-8-25(9-11-26)16-27-17-28(29(35)18-37-27)30-6-5-7-31(40-30)38-22-34(21-36)12-14-46-15-13-34/h5-7,17-18,23-26,39H,4,8-16,19-20,22H2,1-3H3,(H,38,40)/t23-,24+,25?,26?/m0/s1. The Kier molecular flexibility index (Phi) is 13.1. The van der Waals surface area contributed by atoms with Crippen LogP contribution >= 0.6 is 11.6 Å². The van der Waals surface area contributed by atoms with Gasteiger partial charge in [-0.1, -0.05) is 17.7 Å². The Labute approximate surface area is 292 Å². The van der Waals surface area contributed by atoms with Gasteiger partial charge in [-0.15, -0.1) is 15.0 Å². The average Bonchev–Trinajstić information content (AvgIpc) is 3.59. The molecular formula is C34H46ClN9O5. The molecule has 0 spiro atoms. The first-order valence-electron chi connectivity index (χ1n) is 17.1. The molecule has 49 heavy (non-hydrogen) atoms. The van der Waals surface area contributed by atoms with Gasteiger partial charge in [0.2, 0.25) is 12.1 Å². The van der Waals surface area contributed by atoms with Gasteiger partial charge < -0.3 is 29.6 Å². The van der Waals surface area contributed by atoms with Gasteiger partial charge in [-0.3, -0.25) is 4.98 Å². The number of ether oxygens (including phenoxy) is 4. The van der Waals surface area contributed by atoms with Crippen molar-refractivity contribution in [3.8, 4) is 17.3 Å². The lowest BCUT2D eigenvalue weighted by atomic mass is 9.82. The molecule has 1 saturated heterocycles. The van der Waals surface area contributed by atoms with Crippen molar-refractivity contribution in [2.24, 2.45) is 11.3 Å². The number of nitrogens with zero attached hydrogens (tertiary/aromatic N) is 7. The normalized spacial score (nSPS) is 20.1. The molecule has 0 aromatic carbocycles. The van der Waals surface area contributed by atoms with Crippen LogP contribution < -0.4 is 10.6 Å². The topological polar surface area (TPSA) is 171 Å². The third-order valence-corrected chi connectivity index (χ3v) is 9.32. The molecule has 1 aliphatic heterocycles. The van der Waals surface area contributed by atoms with E-state index in [1.54, 1.807) is 20.0 Å². The predicted octanol–water partition coefficient (Wildman–Crippen LogP) is 5.50. The molecule has 2 atom stereocenters. The van der Waals surface area contributed by atoms with Crippen LogP contribution in [0.15, 0.2) is 30.5 Å². The SMILES string of the molecule is CCOC(=O)O[C@H](C)n1nnc(COC[C@H](C)NC2CCC(Cc3cc(-c4cccc(NCC5(C#N)CCOCC5)n4)c(Cl)cn3)CC2)n1. The van der Waals surface area contributed by atoms with Crippen LogP contribution in [0.3, 0.4) is 0 Å². The fraction of sp³-hybridized carbons (Fsp3) is 0.618. The Bertz CT molecular complexity index is 1550. The average molecular weight is 696 g/mol. The number of halogens is 1.